The fraction of sp³-hybridized carbons (Fsp3) is 0.150. The topological polar surface area (TPSA) is 91.3 Å². The van der Waals surface area contributed by atoms with Crippen molar-refractivity contribution in [3.05, 3.63) is 81.8 Å². The summed E-state index contributed by atoms with van der Waals surface area (Å²) < 4.78 is 1.44. The number of H-pyrrole nitrogens is 1. The molecule has 0 unspecified atom stereocenters. The van der Waals surface area contributed by atoms with Crippen molar-refractivity contribution in [1.82, 2.24) is 15.2 Å². The molecule has 0 aliphatic rings. The quantitative estimate of drug-likeness (QED) is 0.464. The molecule has 27 heavy (non-hydrogen) atoms. The summed E-state index contributed by atoms with van der Waals surface area (Å²) in [5.41, 5.74) is 5.99. The molecule has 0 saturated heterocycles. The second-order valence-corrected chi connectivity index (χ2v) is 6.14. The van der Waals surface area contributed by atoms with Crippen LogP contribution in [0.15, 0.2) is 64.5 Å². The molecule has 0 spiro atoms. The summed E-state index contributed by atoms with van der Waals surface area (Å²) in [5, 5.41) is 9.92. The molecule has 0 bridgehead atoms. The third-order valence-electron chi connectivity index (χ3n) is 4.02. The van der Waals surface area contributed by atoms with Crippen LogP contribution in [0.2, 0.25) is 0 Å². The Labute approximate surface area is 156 Å². The molecule has 1 heterocycles. The number of hydrazone groups is 1. The highest BCUT2D eigenvalue weighted by molar-refractivity contribution is 5.84. The van der Waals surface area contributed by atoms with E-state index in [-0.39, 0.29) is 18.0 Å². The molecule has 7 heteroatoms. The Morgan fingerprint density at radius 2 is 1.81 bits per heavy atom. The number of anilines is 1. The summed E-state index contributed by atoms with van der Waals surface area (Å²) in [6.07, 6.45) is 1.36. The van der Waals surface area contributed by atoms with Crippen LogP contribution in [0.1, 0.15) is 16.8 Å². The molecule has 2 aromatic carbocycles. The van der Waals surface area contributed by atoms with E-state index < -0.39 is 0 Å². The van der Waals surface area contributed by atoms with E-state index in [1.165, 1.54) is 10.9 Å². The molecular weight excluding hydrogens is 342 g/mol. The van der Waals surface area contributed by atoms with Crippen LogP contribution in [0.25, 0.3) is 5.69 Å². The Morgan fingerprint density at radius 1 is 1.11 bits per heavy atom. The minimum Gasteiger partial charge on any atom is -0.376 e. The molecule has 0 fully saturated rings. The second-order valence-electron chi connectivity index (χ2n) is 6.14. The zero-order valence-corrected chi connectivity index (χ0v) is 15.2. The molecule has 0 radical (unpaired) electrons. The Morgan fingerprint density at radius 3 is 2.52 bits per heavy atom. The molecule has 3 aromatic rings. The normalized spacial score (nSPS) is 10.9. The van der Waals surface area contributed by atoms with Gasteiger partial charge in [0.05, 0.1) is 24.0 Å². The van der Waals surface area contributed by atoms with Crippen molar-refractivity contribution in [3.8, 4) is 5.69 Å². The van der Waals surface area contributed by atoms with Crippen LogP contribution in [-0.4, -0.2) is 28.4 Å². The molecule has 138 valence electrons. The Bertz CT molecular complexity index is 1000. The summed E-state index contributed by atoms with van der Waals surface area (Å²) in [7, 11) is 0. The van der Waals surface area contributed by atoms with E-state index in [9.17, 15) is 9.59 Å². The first-order valence-corrected chi connectivity index (χ1v) is 8.54. The van der Waals surface area contributed by atoms with Crippen molar-refractivity contribution in [2.75, 3.05) is 11.9 Å². The van der Waals surface area contributed by atoms with E-state index in [4.69, 9.17) is 0 Å². The van der Waals surface area contributed by atoms with Crippen LogP contribution in [0.3, 0.4) is 0 Å². The van der Waals surface area contributed by atoms with Gasteiger partial charge < -0.3 is 5.32 Å². The summed E-state index contributed by atoms with van der Waals surface area (Å²) in [4.78, 5) is 24.4. The SMILES string of the molecule is Cc1ccc(NCC(=O)N/N=C/c2c(C)[nH]n(-c3ccccc3)c2=O)cc1. The molecule has 0 aliphatic carbocycles. The Hall–Kier alpha value is -3.61. The predicted molar refractivity (Wildman–Crippen MR) is 107 cm³/mol. The number of aromatic nitrogens is 2. The first-order valence-electron chi connectivity index (χ1n) is 8.54. The van der Waals surface area contributed by atoms with Crippen LogP contribution in [-0.2, 0) is 4.79 Å². The number of carbonyl (C=O) groups is 1. The van der Waals surface area contributed by atoms with Gasteiger partial charge >= 0.3 is 0 Å². The fourth-order valence-electron chi connectivity index (χ4n) is 2.53. The number of amides is 1. The number of hydrogen-bond donors (Lipinski definition) is 3. The van der Waals surface area contributed by atoms with E-state index >= 15 is 0 Å². The summed E-state index contributed by atoms with van der Waals surface area (Å²) in [5.74, 6) is -0.302. The van der Waals surface area contributed by atoms with Gasteiger partial charge in [-0.25, -0.2) is 10.1 Å². The van der Waals surface area contributed by atoms with Gasteiger partial charge in [-0.1, -0.05) is 35.9 Å². The van der Waals surface area contributed by atoms with E-state index in [1.807, 2.05) is 61.5 Å². The Kier molecular flexibility index (Phi) is 5.51. The van der Waals surface area contributed by atoms with E-state index in [2.05, 4.69) is 20.9 Å². The average molecular weight is 363 g/mol. The van der Waals surface area contributed by atoms with Crippen molar-refractivity contribution in [1.29, 1.82) is 0 Å². The third-order valence-corrected chi connectivity index (χ3v) is 4.02. The highest BCUT2D eigenvalue weighted by atomic mass is 16.2. The maximum Gasteiger partial charge on any atom is 0.280 e. The summed E-state index contributed by atoms with van der Waals surface area (Å²) in [6, 6.07) is 17.0. The van der Waals surface area contributed by atoms with Crippen LogP contribution in [0, 0.1) is 13.8 Å². The minimum absolute atomic E-state index is 0.0841. The lowest BCUT2D eigenvalue weighted by Gasteiger charge is -2.05. The van der Waals surface area contributed by atoms with E-state index in [0.717, 1.165) is 16.9 Å². The summed E-state index contributed by atoms with van der Waals surface area (Å²) >= 11 is 0. The van der Waals surface area contributed by atoms with Crippen molar-refractivity contribution < 1.29 is 4.79 Å². The van der Waals surface area contributed by atoms with Crippen LogP contribution >= 0.6 is 0 Å². The van der Waals surface area contributed by atoms with Gasteiger partial charge in [0.25, 0.3) is 11.5 Å². The number of rotatable bonds is 6. The number of nitrogens with zero attached hydrogens (tertiary/aromatic N) is 2. The molecule has 1 aromatic heterocycles. The van der Waals surface area contributed by atoms with Crippen LogP contribution < -0.4 is 16.3 Å². The third kappa shape index (κ3) is 4.52. The summed E-state index contributed by atoms with van der Waals surface area (Å²) in [6.45, 7) is 3.86. The van der Waals surface area contributed by atoms with Crippen LogP contribution in [0.5, 0.6) is 0 Å². The monoisotopic (exact) mass is 363 g/mol. The number of aryl methyl sites for hydroxylation is 2. The van der Waals surface area contributed by atoms with Gasteiger partial charge in [-0.05, 0) is 38.1 Å². The van der Waals surface area contributed by atoms with Gasteiger partial charge in [-0.3, -0.25) is 14.7 Å². The number of para-hydroxylation sites is 1. The number of hydrogen-bond acceptors (Lipinski definition) is 4. The zero-order valence-electron chi connectivity index (χ0n) is 15.2. The molecule has 0 atom stereocenters. The van der Waals surface area contributed by atoms with Gasteiger partial charge in [0.1, 0.15) is 0 Å². The maximum absolute atomic E-state index is 12.5. The van der Waals surface area contributed by atoms with Gasteiger partial charge in [0, 0.05) is 11.4 Å². The van der Waals surface area contributed by atoms with Crippen molar-refractivity contribution in [2.45, 2.75) is 13.8 Å². The molecule has 7 nitrogen and oxygen atoms in total. The highest BCUT2D eigenvalue weighted by Crippen LogP contribution is 2.08. The number of carbonyl (C=O) groups excluding carboxylic acids is 1. The largest absolute Gasteiger partial charge is 0.376 e. The molecule has 3 rings (SSSR count). The molecular formula is C20H21N5O2. The number of aromatic amines is 1. The highest BCUT2D eigenvalue weighted by Gasteiger charge is 2.10. The van der Waals surface area contributed by atoms with Gasteiger partial charge in [-0.15, -0.1) is 0 Å². The lowest BCUT2D eigenvalue weighted by atomic mass is 10.2. The van der Waals surface area contributed by atoms with Gasteiger partial charge in [0.15, 0.2) is 0 Å². The van der Waals surface area contributed by atoms with Crippen molar-refractivity contribution in [3.63, 3.8) is 0 Å². The molecule has 0 aliphatic heterocycles. The zero-order chi connectivity index (χ0) is 19.2. The van der Waals surface area contributed by atoms with Crippen molar-refractivity contribution >= 4 is 17.8 Å². The number of nitrogens with one attached hydrogen (secondary N) is 3. The average Bonchev–Trinajstić information content (AvgIpc) is 2.96. The first-order chi connectivity index (χ1) is 13.0. The van der Waals surface area contributed by atoms with Gasteiger partial charge in [0.2, 0.25) is 0 Å². The first kappa shape index (κ1) is 18.2. The van der Waals surface area contributed by atoms with Crippen molar-refractivity contribution in [2.24, 2.45) is 5.10 Å². The Balaban J connectivity index is 1.61. The standard InChI is InChI=1S/C20H21N5O2/c1-14-8-10-16(11-9-14)21-13-19(26)23-22-12-18-15(2)24-25(20(18)27)17-6-4-3-5-7-17/h3-12,21,24H,13H2,1-2H3,(H,23,26)/b22-12+. The lowest BCUT2D eigenvalue weighted by Crippen LogP contribution is -2.26. The fourth-order valence-corrected chi connectivity index (χ4v) is 2.53. The van der Waals surface area contributed by atoms with E-state index in [1.54, 1.807) is 6.92 Å². The smallest absolute Gasteiger partial charge is 0.280 e. The predicted octanol–water partition coefficient (Wildman–Crippen LogP) is 2.34. The van der Waals surface area contributed by atoms with E-state index in [0.29, 0.717) is 11.3 Å². The maximum atomic E-state index is 12.5. The molecule has 0 saturated carbocycles. The number of benzene rings is 2. The minimum atomic E-state index is -0.302. The second kappa shape index (κ2) is 8.18. The van der Waals surface area contributed by atoms with Crippen LogP contribution in [0.4, 0.5) is 5.69 Å². The van der Waals surface area contributed by atoms with Gasteiger partial charge in [-0.2, -0.15) is 5.10 Å². The molecule has 1 amide bonds. The molecule has 3 N–H and O–H groups in total. The lowest BCUT2D eigenvalue weighted by molar-refractivity contribution is -0.119.